The number of rotatable bonds is 4. The summed E-state index contributed by atoms with van der Waals surface area (Å²) in [5.41, 5.74) is 2.96. The molecule has 2 aliphatic rings. The van der Waals surface area contributed by atoms with Gasteiger partial charge in [0, 0.05) is 24.5 Å². The predicted octanol–water partition coefficient (Wildman–Crippen LogP) is 1.78. The van der Waals surface area contributed by atoms with Gasteiger partial charge in [0.15, 0.2) is 0 Å². The standard InChI is InChI=1S/C16H21NO2/c18-10-4-9-17-15(19)14-11-16(14)8-3-6-12-5-1-2-7-13(12)16/h1-2,5,7,14,18H,3-4,6,8-11H2,(H,17,19). The van der Waals surface area contributed by atoms with Crippen LogP contribution in [0, 0.1) is 5.92 Å². The molecule has 1 spiro atoms. The molecule has 102 valence electrons. The van der Waals surface area contributed by atoms with Crippen molar-refractivity contribution in [1.29, 1.82) is 0 Å². The number of carbonyl (C=O) groups excluding carboxylic acids is 1. The summed E-state index contributed by atoms with van der Waals surface area (Å²) in [5, 5.41) is 11.7. The van der Waals surface area contributed by atoms with E-state index < -0.39 is 0 Å². The summed E-state index contributed by atoms with van der Waals surface area (Å²) in [6.07, 6.45) is 5.12. The number of hydrogen-bond acceptors (Lipinski definition) is 2. The van der Waals surface area contributed by atoms with Gasteiger partial charge in [-0.1, -0.05) is 24.3 Å². The molecule has 2 unspecified atom stereocenters. The van der Waals surface area contributed by atoms with Crippen molar-refractivity contribution < 1.29 is 9.90 Å². The van der Waals surface area contributed by atoms with Gasteiger partial charge >= 0.3 is 0 Å². The lowest BCUT2D eigenvalue weighted by atomic mass is 9.78. The second kappa shape index (κ2) is 4.97. The first-order valence-corrected chi connectivity index (χ1v) is 7.25. The third-order valence-corrected chi connectivity index (χ3v) is 4.65. The van der Waals surface area contributed by atoms with E-state index in [0.717, 1.165) is 19.3 Å². The van der Waals surface area contributed by atoms with Crippen LogP contribution in [0.3, 0.4) is 0 Å². The van der Waals surface area contributed by atoms with Crippen molar-refractivity contribution in [2.75, 3.05) is 13.2 Å². The number of benzene rings is 1. The highest BCUT2D eigenvalue weighted by Gasteiger charge is 2.59. The average Bonchev–Trinajstić information content (AvgIpc) is 3.15. The van der Waals surface area contributed by atoms with Crippen molar-refractivity contribution in [1.82, 2.24) is 5.32 Å². The van der Waals surface area contributed by atoms with Gasteiger partial charge in [-0.3, -0.25) is 4.79 Å². The molecule has 0 heterocycles. The Morgan fingerprint density at radius 1 is 1.42 bits per heavy atom. The van der Waals surface area contributed by atoms with Gasteiger partial charge in [0.05, 0.1) is 0 Å². The van der Waals surface area contributed by atoms with Gasteiger partial charge in [-0.05, 0) is 43.2 Å². The minimum atomic E-state index is 0.123. The predicted molar refractivity (Wildman–Crippen MR) is 73.9 cm³/mol. The molecule has 0 aliphatic heterocycles. The fourth-order valence-corrected chi connectivity index (χ4v) is 3.59. The maximum atomic E-state index is 12.2. The van der Waals surface area contributed by atoms with Crippen LogP contribution in [0.4, 0.5) is 0 Å². The van der Waals surface area contributed by atoms with Gasteiger partial charge < -0.3 is 10.4 Å². The molecule has 2 N–H and O–H groups in total. The minimum absolute atomic E-state index is 0.123. The molecule has 2 aliphatic carbocycles. The van der Waals surface area contributed by atoms with Crippen molar-refractivity contribution in [2.24, 2.45) is 5.92 Å². The van der Waals surface area contributed by atoms with Crippen molar-refractivity contribution >= 4 is 5.91 Å². The molecule has 1 saturated carbocycles. The number of aliphatic hydroxyl groups excluding tert-OH is 1. The van der Waals surface area contributed by atoms with Crippen molar-refractivity contribution in [2.45, 2.75) is 37.5 Å². The van der Waals surface area contributed by atoms with E-state index in [2.05, 4.69) is 29.6 Å². The highest BCUT2D eigenvalue weighted by atomic mass is 16.3. The molecule has 1 aromatic rings. The third-order valence-electron chi connectivity index (χ3n) is 4.65. The molecule has 2 atom stereocenters. The summed E-state index contributed by atoms with van der Waals surface area (Å²) in [6.45, 7) is 0.725. The van der Waals surface area contributed by atoms with Crippen LogP contribution in [-0.4, -0.2) is 24.2 Å². The summed E-state index contributed by atoms with van der Waals surface area (Å²) in [4.78, 5) is 12.2. The maximum absolute atomic E-state index is 12.2. The first-order chi connectivity index (χ1) is 9.28. The Hall–Kier alpha value is -1.35. The molecule has 0 radical (unpaired) electrons. The molecule has 0 aromatic heterocycles. The maximum Gasteiger partial charge on any atom is 0.224 e. The number of nitrogens with one attached hydrogen (secondary N) is 1. The first kappa shape index (κ1) is 12.7. The van der Waals surface area contributed by atoms with Gasteiger partial charge in [-0.2, -0.15) is 0 Å². The largest absolute Gasteiger partial charge is 0.396 e. The third kappa shape index (κ3) is 2.16. The zero-order chi connectivity index (χ0) is 13.3. The van der Waals surface area contributed by atoms with Gasteiger partial charge in [-0.25, -0.2) is 0 Å². The zero-order valence-corrected chi connectivity index (χ0v) is 11.2. The molecule has 0 bridgehead atoms. The summed E-state index contributed by atoms with van der Waals surface area (Å²) < 4.78 is 0. The Balaban J connectivity index is 1.72. The topological polar surface area (TPSA) is 49.3 Å². The van der Waals surface area contributed by atoms with Crippen LogP contribution in [0.5, 0.6) is 0 Å². The van der Waals surface area contributed by atoms with E-state index in [0.29, 0.717) is 13.0 Å². The Morgan fingerprint density at radius 2 is 2.26 bits per heavy atom. The number of fused-ring (bicyclic) bond motifs is 2. The van der Waals surface area contributed by atoms with E-state index in [1.165, 1.54) is 17.5 Å². The Morgan fingerprint density at radius 3 is 3.11 bits per heavy atom. The van der Waals surface area contributed by atoms with Crippen molar-refractivity contribution in [3.8, 4) is 0 Å². The monoisotopic (exact) mass is 259 g/mol. The van der Waals surface area contributed by atoms with E-state index in [9.17, 15) is 4.79 Å². The number of carbonyl (C=O) groups is 1. The van der Waals surface area contributed by atoms with Gasteiger partial charge in [0.2, 0.25) is 5.91 Å². The number of aliphatic hydroxyl groups is 1. The number of amides is 1. The fraction of sp³-hybridized carbons (Fsp3) is 0.562. The van der Waals surface area contributed by atoms with Gasteiger partial charge in [0.25, 0.3) is 0 Å². The molecular weight excluding hydrogens is 238 g/mol. The van der Waals surface area contributed by atoms with Crippen LogP contribution in [0.25, 0.3) is 0 Å². The molecule has 1 amide bonds. The highest BCUT2D eigenvalue weighted by Crippen LogP contribution is 2.60. The summed E-state index contributed by atoms with van der Waals surface area (Å²) in [7, 11) is 0. The van der Waals surface area contributed by atoms with Crippen LogP contribution < -0.4 is 5.32 Å². The molecule has 1 aromatic carbocycles. The van der Waals surface area contributed by atoms with Crippen LogP contribution in [0.1, 0.15) is 36.8 Å². The van der Waals surface area contributed by atoms with E-state index in [-0.39, 0.29) is 23.8 Å². The molecule has 1 fully saturated rings. The molecule has 3 rings (SSSR count). The molecule has 0 saturated heterocycles. The van der Waals surface area contributed by atoms with E-state index in [4.69, 9.17) is 5.11 Å². The second-order valence-electron chi connectivity index (χ2n) is 5.79. The van der Waals surface area contributed by atoms with Crippen LogP contribution in [-0.2, 0) is 16.6 Å². The average molecular weight is 259 g/mol. The van der Waals surface area contributed by atoms with E-state index in [1.54, 1.807) is 0 Å². The molecular formula is C16H21NO2. The van der Waals surface area contributed by atoms with Gasteiger partial charge in [-0.15, -0.1) is 0 Å². The first-order valence-electron chi connectivity index (χ1n) is 7.25. The Bertz CT molecular complexity index is 485. The Labute approximate surface area is 114 Å². The number of hydrogen-bond donors (Lipinski definition) is 2. The lowest BCUT2D eigenvalue weighted by Crippen LogP contribution is -2.31. The Kier molecular flexibility index (Phi) is 3.31. The molecule has 3 heteroatoms. The van der Waals surface area contributed by atoms with Gasteiger partial charge in [0.1, 0.15) is 0 Å². The second-order valence-corrected chi connectivity index (χ2v) is 5.79. The van der Waals surface area contributed by atoms with Crippen molar-refractivity contribution in [3.63, 3.8) is 0 Å². The summed E-state index contributed by atoms with van der Waals surface area (Å²) in [5.74, 6) is 0.317. The molecule has 3 nitrogen and oxygen atoms in total. The van der Waals surface area contributed by atoms with Crippen LogP contribution >= 0.6 is 0 Å². The normalized spacial score (nSPS) is 27.9. The van der Waals surface area contributed by atoms with Crippen LogP contribution in [0.15, 0.2) is 24.3 Å². The fourth-order valence-electron chi connectivity index (χ4n) is 3.59. The number of aryl methyl sites for hydroxylation is 1. The summed E-state index contributed by atoms with van der Waals surface area (Å²) in [6, 6.07) is 8.59. The highest BCUT2D eigenvalue weighted by molar-refractivity contribution is 5.84. The van der Waals surface area contributed by atoms with E-state index in [1.807, 2.05) is 0 Å². The molecule has 19 heavy (non-hydrogen) atoms. The van der Waals surface area contributed by atoms with Crippen molar-refractivity contribution in [3.05, 3.63) is 35.4 Å². The smallest absolute Gasteiger partial charge is 0.224 e. The van der Waals surface area contributed by atoms with E-state index >= 15 is 0 Å². The minimum Gasteiger partial charge on any atom is -0.396 e. The van der Waals surface area contributed by atoms with Crippen LogP contribution in [0.2, 0.25) is 0 Å². The lowest BCUT2D eigenvalue weighted by molar-refractivity contribution is -0.122. The quantitative estimate of drug-likeness (QED) is 0.810. The SMILES string of the molecule is O=C(NCCCO)C1CC12CCCc1ccccc12. The summed E-state index contributed by atoms with van der Waals surface area (Å²) >= 11 is 0. The lowest BCUT2D eigenvalue weighted by Gasteiger charge is -2.26. The zero-order valence-electron chi connectivity index (χ0n) is 11.2.